The summed E-state index contributed by atoms with van der Waals surface area (Å²) in [7, 11) is 3.02. The Balaban J connectivity index is 1.80. The number of fused-ring (bicyclic) bond motifs is 1. The van der Waals surface area contributed by atoms with E-state index in [1.807, 2.05) is 38.1 Å². The van der Waals surface area contributed by atoms with E-state index in [2.05, 4.69) is 15.2 Å². The van der Waals surface area contributed by atoms with Crippen molar-refractivity contribution >= 4 is 11.2 Å². The average Bonchev–Trinajstić information content (AvgIpc) is 3.32. The van der Waals surface area contributed by atoms with Crippen molar-refractivity contribution in [2.75, 3.05) is 0 Å². The van der Waals surface area contributed by atoms with Gasteiger partial charge >= 0.3 is 5.69 Å². The molecule has 0 bridgehead atoms. The highest BCUT2D eigenvalue weighted by Gasteiger charge is 2.22. The van der Waals surface area contributed by atoms with Gasteiger partial charge in [-0.05, 0) is 26.0 Å². The van der Waals surface area contributed by atoms with Gasteiger partial charge in [-0.15, -0.1) is 10.2 Å². The van der Waals surface area contributed by atoms with Crippen LogP contribution in [0.15, 0.2) is 44.6 Å². The van der Waals surface area contributed by atoms with Crippen molar-refractivity contribution in [2.45, 2.75) is 19.9 Å². The zero-order valence-corrected chi connectivity index (χ0v) is 15.4. The van der Waals surface area contributed by atoms with Gasteiger partial charge in [0.05, 0.1) is 6.33 Å². The Labute approximate surface area is 153 Å². The normalized spacial score (nSPS) is 12.6. The molecule has 3 heterocycles. The molecule has 0 radical (unpaired) electrons. The number of imidazole rings is 1. The molecule has 4 aromatic rings. The van der Waals surface area contributed by atoms with Crippen LogP contribution in [-0.4, -0.2) is 28.9 Å². The fraction of sp³-hybridized carbons (Fsp3) is 0.278. The third-order valence-electron chi connectivity index (χ3n) is 4.69. The van der Waals surface area contributed by atoms with Crippen LogP contribution in [-0.2, 0) is 14.1 Å². The summed E-state index contributed by atoms with van der Waals surface area (Å²) in [6.45, 7) is 3.83. The monoisotopic (exact) mass is 366 g/mol. The highest BCUT2D eigenvalue weighted by molar-refractivity contribution is 5.70. The number of aromatic nitrogens is 6. The molecule has 0 saturated carbocycles. The number of nitrogens with zero attached hydrogens (tertiary/aromatic N) is 6. The average molecular weight is 366 g/mol. The van der Waals surface area contributed by atoms with Gasteiger partial charge in [0.25, 0.3) is 5.56 Å². The third kappa shape index (κ3) is 2.59. The lowest BCUT2D eigenvalue weighted by Crippen LogP contribution is -2.37. The van der Waals surface area contributed by atoms with Crippen LogP contribution in [0.1, 0.15) is 24.4 Å². The Bertz CT molecular complexity index is 1260. The molecular formula is C18H18N6O3. The summed E-state index contributed by atoms with van der Waals surface area (Å²) in [6.07, 6.45) is 1.51. The maximum Gasteiger partial charge on any atom is 0.332 e. The van der Waals surface area contributed by atoms with Gasteiger partial charge in [-0.1, -0.05) is 17.7 Å². The second-order valence-corrected chi connectivity index (χ2v) is 6.52. The minimum atomic E-state index is -0.426. The topological polar surface area (TPSA) is 101 Å². The van der Waals surface area contributed by atoms with Crippen LogP contribution in [0.4, 0.5) is 0 Å². The minimum Gasteiger partial charge on any atom is -0.418 e. The van der Waals surface area contributed by atoms with Crippen LogP contribution >= 0.6 is 0 Å². The van der Waals surface area contributed by atoms with E-state index in [4.69, 9.17) is 4.42 Å². The predicted molar refractivity (Wildman–Crippen MR) is 98.5 cm³/mol. The van der Waals surface area contributed by atoms with Gasteiger partial charge in [-0.2, -0.15) is 0 Å². The standard InChI is InChI=1S/C18H18N6O3/c1-10-5-7-12(8-6-10)16-21-20-15(27-16)11(2)24-9-19-14-13(24)17(25)23(4)18(26)22(14)3/h5-9,11H,1-4H3/t11-/m0/s1. The van der Waals surface area contributed by atoms with Crippen molar-refractivity contribution in [1.29, 1.82) is 0 Å². The first kappa shape index (κ1) is 17.0. The van der Waals surface area contributed by atoms with Gasteiger partial charge in [0.1, 0.15) is 6.04 Å². The zero-order valence-electron chi connectivity index (χ0n) is 15.4. The quantitative estimate of drug-likeness (QED) is 0.543. The van der Waals surface area contributed by atoms with Crippen molar-refractivity contribution in [3.05, 3.63) is 62.9 Å². The summed E-state index contributed by atoms with van der Waals surface area (Å²) in [5.41, 5.74) is 1.73. The SMILES string of the molecule is Cc1ccc(-c2nnc([C@H](C)n3cnc4c3c(=O)n(C)c(=O)n4C)o2)cc1. The lowest BCUT2D eigenvalue weighted by molar-refractivity contribution is 0.442. The van der Waals surface area contributed by atoms with E-state index >= 15 is 0 Å². The van der Waals surface area contributed by atoms with Crippen LogP contribution in [0.3, 0.4) is 0 Å². The summed E-state index contributed by atoms with van der Waals surface area (Å²) in [5.74, 6) is 0.752. The summed E-state index contributed by atoms with van der Waals surface area (Å²) in [5, 5.41) is 8.24. The maximum absolute atomic E-state index is 12.6. The van der Waals surface area contributed by atoms with Gasteiger partial charge in [0.15, 0.2) is 11.2 Å². The molecule has 9 heteroatoms. The zero-order chi connectivity index (χ0) is 19.3. The Morgan fingerprint density at radius 2 is 1.74 bits per heavy atom. The lowest BCUT2D eigenvalue weighted by atomic mass is 10.1. The van der Waals surface area contributed by atoms with E-state index in [9.17, 15) is 9.59 Å². The molecule has 138 valence electrons. The van der Waals surface area contributed by atoms with E-state index < -0.39 is 17.3 Å². The minimum absolute atomic E-state index is 0.308. The predicted octanol–water partition coefficient (Wildman–Crippen LogP) is 1.40. The second-order valence-electron chi connectivity index (χ2n) is 6.52. The van der Waals surface area contributed by atoms with Crippen LogP contribution in [0, 0.1) is 6.92 Å². The summed E-state index contributed by atoms with van der Waals surface area (Å²) >= 11 is 0. The molecule has 4 rings (SSSR count). The van der Waals surface area contributed by atoms with Crippen molar-refractivity contribution in [3.8, 4) is 11.5 Å². The molecule has 0 aliphatic carbocycles. The van der Waals surface area contributed by atoms with Gasteiger partial charge in [0.2, 0.25) is 11.8 Å². The first-order valence-corrected chi connectivity index (χ1v) is 8.41. The summed E-state index contributed by atoms with van der Waals surface area (Å²) in [6, 6.07) is 7.34. The van der Waals surface area contributed by atoms with Crippen LogP contribution < -0.4 is 11.2 Å². The highest BCUT2D eigenvalue weighted by atomic mass is 16.4. The van der Waals surface area contributed by atoms with E-state index in [1.165, 1.54) is 17.9 Å². The van der Waals surface area contributed by atoms with Crippen molar-refractivity contribution in [1.82, 2.24) is 28.9 Å². The molecule has 3 aromatic heterocycles. The van der Waals surface area contributed by atoms with Crippen molar-refractivity contribution in [3.63, 3.8) is 0 Å². The number of rotatable bonds is 3. The Morgan fingerprint density at radius 1 is 1.04 bits per heavy atom. The maximum atomic E-state index is 12.6. The molecule has 0 spiro atoms. The molecule has 27 heavy (non-hydrogen) atoms. The number of hydrogen-bond acceptors (Lipinski definition) is 6. The second kappa shape index (κ2) is 6.04. The highest BCUT2D eigenvalue weighted by Crippen LogP contribution is 2.24. The number of aryl methyl sites for hydroxylation is 2. The van der Waals surface area contributed by atoms with Gasteiger partial charge in [0, 0.05) is 19.7 Å². The first-order valence-electron chi connectivity index (χ1n) is 8.41. The van der Waals surface area contributed by atoms with Gasteiger partial charge < -0.3 is 8.98 Å². The van der Waals surface area contributed by atoms with Crippen LogP contribution in [0.5, 0.6) is 0 Å². The third-order valence-corrected chi connectivity index (χ3v) is 4.69. The molecule has 0 aliphatic rings. The fourth-order valence-electron chi connectivity index (χ4n) is 2.99. The molecule has 1 aromatic carbocycles. The Morgan fingerprint density at radius 3 is 2.44 bits per heavy atom. The molecule has 9 nitrogen and oxygen atoms in total. The molecular weight excluding hydrogens is 348 g/mol. The Kier molecular flexibility index (Phi) is 3.79. The largest absolute Gasteiger partial charge is 0.418 e. The molecule has 0 saturated heterocycles. The molecule has 0 aliphatic heterocycles. The molecule has 0 N–H and O–H groups in total. The molecule has 1 atom stereocenters. The fourth-order valence-corrected chi connectivity index (χ4v) is 2.99. The molecule has 0 unspecified atom stereocenters. The Hall–Kier alpha value is -3.49. The van der Waals surface area contributed by atoms with Gasteiger partial charge in [-0.25, -0.2) is 9.78 Å². The van der Waals surface area contributed by atoms with Crippen molar-refractivity contribution in [2.24, 2.45) is 14.1 Å². The smallest absolute Gasteiger partial charge is 0.332 e. The number of benzene rings is 1. The summed E-state index contributed by atoms with van der Waals surface area (Å²) < 4.78 is 9.86. The van der Waals surface area contributed by atoms with Gasteiger partial charge in [-0.3, -0.25) is 13.9 Å². The first-order chi connectivity index (χ1) is 12.9. The molecule has 0 fully saturated rings. The van der Waals surface area contributed by atoms with E-state index in [-0.39, 0.29) is 0 Å². The lowest BCUT2D eigenvalue weighted by Gasteiger charge is -2.10. The van der Waals surface area contributed by atoms with E-state index in [0.29, 0.717) is 22.9 Å². The van der Waals surface area contributed by atoms with Crippen molar-refractivity contribution < 1.29 is 4.42 Å². The van der Waals surface area contributed by atoms with E-state index in [0.717, 1.165) is 15.7 Å². The number of hydrogen-bond donors (Lipinski definition) is 0. The van der Waals surface area contributed by atoms with Crippen LogP contribution in [0.25, 0.3) is 22.6 Å². The van der Waals surface area contributed by atoms with E-state index in [1.54, 1.807) is 11.6 Å². The van der Waals surface area contributed by atoms with Crippen LogP contribution in [0.2, 0.25) is 0 Å². The summed E-state index contributed by atoms with van der Waals surface area (Å²) in [4.78, 5) is 28.9. The molecule has 0 amide bonds.